The lowest BCUT2D eigenvalue weighted by atomic mass is 10.4. The lowest BCUT2D eigenvalue weighted by Crippen LogP contribution is -2.27. The van der Waals surface area contributed by atoms with E-state index < -0.39 is 6.67 Å². The molecule has 0 bridgehead atoms. The number of hydrogen-bond donors (Lipinski definition) is 0. The van der Waals surface area contributed by atoms with Crippen LogP contribution in [0.3, 0.4) is 0 Å². The normalized spacial score (nSPS) is 16.1. The van der Waals surface area contributed by atoms with Crippen molar-refractivity contribution in [3.8, 4) is 0 Å². The van der Waals surface area contributed by atoms with Gasteiger partial charge in [-0.3, -0.25) is 14.5 Å². The number of nitrogens with zero attached hydrogens (tertiary/aromatic N) is 3. The van der Waals surface area contributed by atoms with Gasteiger partial charge in [-0.05, 0) is 23.5 Å². The SMILES string of the molecule is CC.COC(=C/CN=c1sc(=O)n2n1CCOCC2)/C(Cl)=C\CF. The smallest absolute Gasteiger partial charge is 0.325 e. The Labute approximate surface area is 149 Å². The monoisotopic (exact) mass is 379 g/mol. The molecule has 0 atom stereocenters. The van der Waals surface area contributed by atoms with Crippen molar-refractivity contribution in [2.24, 2.45) is 4.99 Å². The van der Waals surface area contributed by atoms with E-state index in [0.717, 1.165) is 11.3 Å². The lowest BCUT2D eigenvalue weighted by Gasteiger charge is -2.04. The molecule has 0 aromatic carbocycles. The molecule has 2 rings (SSSR count). The number of allylic oxidation sites excluding steroid dienone is 2. The minimum Gasteiger partial charge on any atom is -0.495 e. The molecule has 6 nitrogen and oxygen atoms in total. The van der Waals surface area contributed by atoms with Crippen LogP contribution in [0.25, 0.3) is 0 Å². The van der Waals surface area contributed by atoms with E-state index in [4.69, 9.17) is 21.1 Å². The van der Waals surface area contributed by atoms with E-state index in [1.807, 2.05) is 18.5 Å². The summed E-state index contributed by atoms with van der Waals surface area (Å²) in [5, 5.41) is 0.199. The largest absolute Gasteiger partial charge is 0.495 e. The highest BCUT2D eigenvalue weighted by atomic mass is 35.5. The molecule has 2 heterocycles. The number of ether oxygens (including phenoxy) is 2. The Bertz CT molecular complexity index is 691. The average molecular weight is 380 g/mol. The van der Waals surface area contributed by atoms with Gasteiger partial charge in [0.1, 0.15) is 12.4 Å². The number of aromatic nitrogens is 2. The van der Waals surface area contributed by atoms with Gasteiger partial charge in [-0.25, -0.2) is 9.07 Å². The van der Waals surface area contributed by atoms with E-state index in [0.29, 0.717) is 36.9 Å². The predicted molar refractivity (Wildman–Crippen MR) is 94.2 cm³/mol. The maximum atomic E-state index is 12.2. The van der Waals surface area contributed by atoms with Crippen molar-refractivity contribution in [1.29, 1.82) is 0 Å². The lowest BCUT2D eigenvalue weighted by molar-refractivity contribution is 0.137. The highest BCUT2D eigenvalue weighted by Gasteiger charge is 2.11. The molecule has 0 N–H and O–H groups in total. The van der Waals surface area contributed by atoms with Gasteiger partial charge in [0.05, 0.1) is 45.0 Å². The fourth-order valence-corrected chi connectivity index (χ4v) is 3.08. The first-order valence-corrected chi connectivity index (χ1v) is 8.92. The summed E-state index contributed by atoms with van der Waals surface area (Å²) in [6, 6.07) is 0. The second kappa shape index (κ2) is 11.2. The number of fused-ring (bicyclic) bond motifs is 1. The summed E-state index contributed by atoms with van der Waals surface area (Å²) in [6.07, 6.45) is 2.86. The summed E-state index contributed by atoms with van der Waals surface area (Å²) < 4.78 is 26.1. The number of alkyl halides is 1. The highest BCUT2D eigenvalue weighted by molar-refractivity contribution is 7.06. The molecule has 0 fully saturated rings. The zero-order chi connectivity index (χ0) is 17.9. The molecule has 1 aromatic heterocycles. The standard InChI is InChI=1S/C13H17ClFN3O3S.C2H6/c1-20-11(10(14)2-4-15)3-5-16-12-17-6-8-21-9-7-18(17)13(19)22-12;1-2/h2-3H,4-9H2,1H3;1-2H3/b10-2+,11-3+,16-12?;. The second-order valence-electron chi connectivity index (χ2n) is 4.33. The van der Waals surface area contributed by atoms with Crippen LogP contribution in [0.4, 0.5) is 4.39 Å². The third-order valence-electron chi connectivity index (χ3n) is 3.01. The molecule has 0 radical (unpaired) electrons. The van der Waals surface area contributed by atoms with Gasteiger partial charge in [-0.1, -0.05) is 25.4 Å². The highest BCUT2D eigenvalue weighted by Crippen LogP contribution is 2.14. The van der Waals surface area contributed by atoms with Crippen molar-refractivity contribution < 1.29 is 13.9 Å². The molecular weight excluding hydrogens is 357 g/mol. The maximum absolute atomic E-state index is 12.2. The zero-order valence-corrected chi connectivity index (χ0v) is 15.7. The first kappa shape index (κ1) is 20.7. The minimum atomic E-state index is -0.666. The fraction of sp³-hybridized carbons (Fsp3) is 0.600. The summed E-state index contributed by atoms with van der Waals surface area (Å²) in [7, 11) is 1.45. The van der Waals surface area contributed by atoms with Gasteiger partial charge >= 0.3 is 4.87 Å². The van der Waals surface area contributed by atoms with E-state index in [9.17, 15) is 9.18 Å². The van der Waals surface area contributed by atoms with Gasteiger partial charge < -0.3 is 9.47 Å². The van der Waals surface area contributed by atoms with Crippen LogP contribution in [0.5, 0.6) is 0 Å². The van der Waals surface area contributed by atoms with E-state index in [-0.39, 0.29) is 16.5 Å². The Morgan fingerprint density at radius 3 is 2.67 bits per heavy atom. The quantitative estimate of drug-likeness (QED) is 0.582. The summed E-state index contributed by atoms with van der Waals surface area (Å²) in [5.74, 6) is 0.356. The van der Waals surface area contributed by atoms with Gasteiger partial charge in [0.25, 0.3) is 0 Å². The molecule has 0 aliphatic carbocycles. The van der Waals surface area contributed by atoms with E-state index in [2.05, 4.69) is 4.99 Å². The molecule has 0 saturated heterocycles. The Balaban J connectivity index is 0.00000139. The topological polar surface area (TPSA) is 57.8 Å². The Morgan fingerprint density at radius 2 is 2.04 bits per heavy atom. The van der Waals surface area contributed by atoms with Crippen LogP contribution in [0, 0.1) is 0 Å². The van der Waals surface area contributed by atoms with E-state index in [1.165, 1.54) is 13.2 Å². The fourth-order valence-electron chi connectivity index (χ4n) is 1.98. The third kappa shape index (κ3) is 5.61. The van der Waals surface area contributed by atoms with Crippen LogP contribution in [0.15, 0.2) is 32.7 Å². The van der Waals surface area contributed by atoms with Crippen LogP contribution < -0.4 is 9.67 Å². The van der Waals surface area contributed by atoms with Crippen molar-refractivity contribution in [2.75, 3.05) is 33.5 Å². The number of hydrogen-bond acceptors (Lipinski definition) is 5. The van der Waals surface area contributed by atoms with Crippen molar-refractivity contribution in [3.05, 3.63) is 37.4 Å². The molecule has 136 valence electrons. The second-order valence-corrected chi connectivity index (χ2v) is 5.65. The Morgan fingerprint density at radius 1 is 1.38 bits per heavy atom. The summed E-state index contributed by atoms with van der Waals surface area (Å²) in [5.41, 5.74) is 0. The summed E-state index contributed by atoms with van der Waals surface area (Å²) in [4.78, 5) is 16.9. The van der Waals surface area contributed by atoms with Gasteiger partial charge in [0, 0.05) is 0 Å². The van der Waals surface area contributed by atoms with Crippen molar-refractivity contribution in [2.45, 2.75) is 26.9 Å². The number of halogens is 2. The van der Waals surface area contributed by atoms with Crippen LogP contribution in [-0.2, 0) is 22.6 Å². The van der Waals surface area contributed by atoms with Gasteiger partial charge in [0.2, 0.25) is 4.80 Å². The van der Waals surface area contributed by atoms with Crippen molar-refractivity contribution in [1.82, 2.24) is 9.36 Å². The molecule has 1 aliphatic heterocycles. The summed E-state index contributed by atoms with van der Waals surface area (Å²) >= 11 is 6.97. The van der Waals surface area contributed by atoms with Gasteiger partial charge in [-0.2, -0.15) is 0 Å². The van der Waals surface area contributed by atoms with Crippen LogP contribution in [0.1, 0.15) is 13.8 Å². The van der Waals surface area contributed by atoms with E-state index >= 15 is 0 Å². The van der Waals surface area contributed by atoms with Gasteiger partial charge in [-0.15, -0.1) is 0 Å². The average Bonchev–Trinajstić information content (AvgIpc) is 2.77. The van der Waals surface area contributed by atoms with Crippen LogP contribution in [-0.4, -0.2) is 42.9 Å². The molecular formula is C15H23ClFN3O3S. The minimum absolute atomic E-state index is 0.0597. The third-order valence-corrected chi connectivity index (χ3v) is 4.26. The molecule has 9 heteroatoms. The predicted octanol–water partition coefficient (Wildman–Crippen LogP) is 2.29. The number of rotatable bonds is 5. The van der Waals surface area contributed by atoms with Crippen molar-refractivity contribution >= 4 is 22.9 Å². The molecule has 0 amide bonds. The first-order valence-electron chi connectivity index (χ1n) is 7.72. The Kier molecular flexibility index (Phi) is 9.66. The summed E-state index contributed by atoms with van der Waals surface area (Å²) in [6.45, 7) is 5.79. The molecule has 24 heavy (non-hydrogen) atoms. The first-order chi connectivity index (χ1) is 11.7. The molecule has 0 saturated carbocycles. The van der Waals surface area contributed by atoms with Crippen LogP contribution >= 0.6 is 22.9 Å². The molecule has 0 spiro atoms. The Hall–Kier alpha value is -1.38. The number of methoxy groups -OCH3 is 1. The molecule has 1 aliphatic rings. The van der Waals surface area contributed by atoms with E-state index in [1.54, 1.807) is 10.8 Å². The van der Waals surface area contributed by atoms with Crippen LogP contribution in [0.2, 0.25) is 0 Å². The van der Waals surface area contributed by atoms with Gasteiger partial charge in [0.15, 0.2) is 0 Å². The maximum Gasteiger partial charge on any atom is 0.325 e. The molecule has 0 unspecified atom stereocenters. The zero-order valence-electron chi connectivity index (χ0n) is 14.1. The van der Waals surface area contributed by atoms with Crippen molar-refractivity contribution in [3.63, 3.8) is 0 Å². The molecule has 1 aromatic rings.